The molecule has 0 radical (unpaired) electrons. The van der Waals surface area contributed by atoms with Gasteiger partial charge in [-0.05, 0) is 54.8 Å². The number of ether oxygens (including phenoxy) is 2. The predicted molar refractivity (Wildman–Crippen MR) is 179 cm³/mol. The molecule has 0 saturated carbocycles. The minimum atomic E-state index is -0.709. The number of ketones is 1. The number of carbonyl (C=O) groups is 3. The lowest BCUT2D eigenvalue weighted by Crippen LogP contribution is -2.41. The maximum atomic E-state index is 13.2. The topological polar surface area (TPSA) is 84.9 Å². The first-order chi connectivity index (χ1) is 21.6. The Morgan fingerprint density at radius 2 is 1.47 bits per heavy atom. The normalized spacial score (nSPS) is 11.8. The number of carbonyl (C=O) groups excluding carboxylic acids is 3. The second kappa shape index (κ2) is 15.2. The molecular formula is C38H42N2O5. The second-order valence-corrected chi connectivity index (χ2v) is 12.0. The number of hydrogen-bond acceptors (Lipinski definition) is 6. The van der Waals surface area contributed by atoms with E-state index in [1.54, 1.807) is 30.3 Å². The summed E-state index contributed by atoms with van der Waals surface area (Å²) in [5.74, 6) is 0.209. The summed E-state index contributed by atoms with van der Waals surface area (Å²) in [6, 6.07) is 31.0. The molecule has 7 heteroatoms. The minimum absolute atomic E-state index is 0.0713. The summed E-state index contributed by atoms with van der Waals surface area (Å²) in [5.41, 5.74) is 3.98. The highest BCUT2D eigenvalue weighted by atomic mass is 16.5. The average molecular weight is 607 g/mol. The van der Waals surface area contributed by atoms with E-state index in [1.807, 2.05) is 105 Å². The molecule has 1 amide bonds. The number of benzene rings is 4. The fourth-order valence-electron chi connectivity index (χ4n) is 5.05. The number of nitrogens with zero attached hydrogens (tertiary/aromatic N) is 1. The van der Waals surface area contributed by atoms with Crippen LogP contribution in [0.3, 0.4) is 0 Å². The van der Waals surface area contributed by atoms with Crippen molar-refractivity contribution in [3.05, 3.63) is 125 Å². The van der Waals surface area contributed by atoms with E-state index >= 15 is 0 Å². The van der Waals surface area contributed by atoms with Gasteiger partial charge in [-0.3, -0.25) is 9.59 Å². The summed E-state index contributed by atoms with van der Waals surface area (Å²) in [7, 11) is 1.35. The highest BCUT2D eigenvalue weighted by Gasteiger charge is 2.29. The molecule has 0 spiro atoms. The number of nitrogens with one attached hydrogen (secondary N) is 1. The molecule has 45 heavy (non-hydrogen) atoms. The fraction of sp³-hybridized carbons (Fsp3) is 0.289. The molecule has 0 heterocycles. The highest BCUT2D eigenvalue weighted by molar-refractivity contribution is 6.12. The van der Waals surface area contributed by atoms with Crippen molar-refractivity contribution in [3.8, 4) is 5.75 Å². The summed E-state index contributed by atoms with van der Waals surface area (Å²) < 4.78 is 11.1. The van der Waals surface area contributed by atoms with Gasteiger partial charge in [-0.1, -0.05) is 93.6 Å². The lowest BCUT2D eigenvalue weighted by Gasteiger charge is -2.30. The van der Waals surface area contributed by atoms with E-state index in [-0.39, 0.29) is 11.7 Å². The molecule has 1 N–H and O–H groups in total. The standard InChI is InChI=1S/C38H42N2O5/c1-27-14-9-12-19-34(27)40(37(43)38(2,3)4)24-13-25-45-30-22-20-28(21-23-30)26-33(36(42)44-5)39-32-18-11-10-17-31(32)35(41)29-15-7-6-8-16-29/h6-12,14-23,33,39H,13,24-26H2,1-5H3/t33-/m0/s1. The van der Waals surface area contributed by atoms with Crippen LogP contribution in [0.4, 0.5) is 11.4 Å². The van der Waals surface area contributed by atoms with Gasteiger partial charge < -0.3 is 19.7 Å². The molecule has 7 nitrogen and oxygen atoms in total. The van der Waals surface area contributed by atoms with Crippen LogP contribution in [0.15, 0.2) is 103 Å². The van der Waals surface area contributed by atoms with E-state index in [0.29, 0.717) is 48.6 Å². The number of para-hydroxylation sites is 2. The van der Waals surface area contributed by atoms with Gasteiger partial charge in [0.25, 0.3) is 0 Å². The van der Waals surface area contributed by atoms with Gasteiger partial charge in [0.2, 0.25) is 5.91 Å². The third-order valence-corrected chi connectivity index (χ3v) is 7.47. The van der Waals surface area contributed by atoms with Gasteiger partial charge in [-0.15, -0.1) is 0 Å². The summed E-state index contributed by atoms with van der Waals surface area (Å²) in [4.78, 5) is 41.1. The maximum absolute atomic E-state index is 13.2. The quantitative estimate of drug-likeness (QED) is 0.0979. The van der Waals surface area contributed by atoms with Crippen LogP contribution < -0.4 is 15.0 Å². The molecule has 0 aromatic heterocycles. The van der Waals surface area contributed by atoms with Crippen molar-refractivity contribution in [2.45, 2.75) is 46.6 Å². The largest absolute Gasteiger partial charge is 0.494 e. The molecule has 234 valence electrons. The molecule has 1 atom stereocenters. The van der Waals surface area contributed by atoms with E-state index in [9.17, 15) is 14.4 Å². The van der Waals surface area contributed by atoms with Gasteiger partial charge in [0.05, 0.1) is 13.7 Å². The Morgan fingerprint density at radius 3 is 2.13 bits per heavy atom. The Morgan fingerprint density at radius 1 is 0.822 bits per heavy atom. The van der Waals surface area contributed by atoms with Crippen LogP contribution in [0.1, 0.15) is 54.2 Å². The van der Waals surface area contributed by atoms with Crippen molar-refractivity contribution in [3.63, 3.8) is 0 Å². The van der Waals surface area contributed by atoms with Gasteiger partial charge in [-0.25, -0.2) is 4.79 Å². The zero-order chi connectivity index (χ0) is 32.4. The molecule has 0 saturated heterocycles. The molecule has 0 aliphatic heterocycles. The summed E-state index contributed by atoms with van der Waals surface area (Å²) >= 11 is 0. The first-order valence-electron chi connectivity index (χ1n) is 15.2. The van der Waals surface area contributed by atoms with Crippen molar-refractivity contribution in [2.75, 3.05) is 30.5 Å². The number of aryl methyl sites for hydroxylation is 1. The van der Waals surface area contributed by atoms with E-state index < -0.39 is 17.4 Å². The van der Waals surface area contributed by atoms with Crippen LogP contribution in [0.5, 0.6) is 5.75 Å². The number of methoxy groups -OCH3 is 1. The second-order valence-electron chi connectivity index (χ2n) is 12.0. The van der Waals surface area contributed by atoms with Crippen LogP contribution in [0.25, 0.3) is 0 Å². The van der Waals surface area contributed by atoms with Crippen LogP contribution in [-0.4, -0.2) is 44.0 Å². The number of hydrogen-bond donors (Lipinski definition) is 1. The summed E-state index contributed by atoms with van der Waals surface area (Å²) in [6.07, 6.45) is 1.01. The predicted octanol–water partition coefficient (Wildman–Crippen LogP) is 7.27. The SMILES string of the molecule is COC(=O)[C@H](Cc1ccc(OCCCN(C(=O)C(C)(C)C)c2ccccc2C)cc1)Nc1ccccc1C(=O)c1ccccc1. The Labute approximate surface area is 266 Å². The lowest BCUT2D eigenvalue weighted by atomic mass is 9.94. The first kappa shape index (κ1) is 33.0. The zero-order valence-corrected chi connectivity index (χ0v) is 26.7. The van der Waals surface area contributed by atoms with Gasteiger partial charge >= 0.3 is 5.97 Å². The van der Waals surface area contributed by atoms with Gasteiger partial charge in [0.15, 0.2) is 5.78 Å². The minimum Gasteiger partial charge on any atom is -0.494 e. The van der Waals surface area contributed by atoms with Crippen molar-refractivity contribution < 1.29 is 23.9 Å². The Kier molecular flexibility index (Phi) is 11.1. The number of anilines is 2. The van der Waals surface area contributed by atoms with E-state index in [4.69, 9.17) is 9.47 Å². The Balaban J connectivity index is 1.38. The van der Waals surface area contributed by atoms with Crippen LogP contribution >= 0.6 is 0 Å². The van der Waals surface area contributed by atoms with E-state index in [0.717, 1.165) is 16.8 Å². The smallest absolute Gasteiger partial charge is 0.328 e. The molecule has 0 unspecified atom stereocenters. The Hall–Kier alpha value is -4.91. The van der Waals surface area contributed by atoms with E-state index in [2.05, 4.69) is 5.32 Å². The van der Waals surface area contributed by atoms with Crippen LogP contribution in [0.2, 0.25) is 0 Å². The summed E-state index contributed by atoms with van der Waals surface area (Å²) in [6.45, 7) is 8.79. The van der Waals surface area contributed by atoms with Crippen molar-refractivity contribution in [1.82, 2.24) is 0 Å². The molecule has 4 aromatic rings. The molecule has 4 rings (SSSR count). The molecule has 0 aliphatic rings. The van der Waals surface area contributed by atoms with Gasteiger partial charge in [0.1, 0.15) is 11.8 Å². The Bertz CT molecular complexity index is 1590. The van der Waals surface area contributed by atoms with Crippen molar-refractivity contribution in [1.29, 1.82) is 0 Å². The number of esters is 1. The zero-order valence-electron chi connectivity index (χ0n) is 26.7. The van der Waals surface area contributed by atoms with Crippen LogP contribution in [0, 0.1) is 12.3 Å². The first-order valence-corrected chi connectivity index (χ1v) is 15.2. The van der Waals surface area contributed by atoms with Gasteiger partial charge in [-0.2, -0.15) is 0 Å². The summed E-state index contributed by atoms with van der Waals surface area (Å²) in [5, 5.41) is 3.24. The molecule has 0 aliphatic carbocycles. The third kappa shape index (κ3) is 8.82. The molecular weight excluding hydrogens is 564 g/mol. The molecule has 0 fully saturated rings. The molecule has 4 aromatic carbocycles. The monoisotopic (exact) mass is 606 g/mol. The third-order valence-electron chi connectivity index (χ3n) is 7.47. The molecule has 0 bridgehead atoms. The van der Waals surface area contributed by atoms with E-state index in [1.165, 1.54) is 7.11 Å². The van der Waals surface area contributed by atoms with Crippen molar-refractivity contribution in [2.24, 2.45) is 5.41 Å². The lowest BCUT2D eigenvalue weighted by molar-refractivity contribution is -0.141. The van der Waals surface area contributed by atoms with Gasteiger partial charge in [0, 0.05) is 40.9 Å². The fourth-order valence-corrected chi connectivity index (χ4v) is 5.05. The average Bonchev–Trinajstić information content (AvgIpc) is 3.05. The number of rotatable bonds is 13. The number of amides is 1. The highest BCUT2D eigenvalue weighted by Crippen LogP contribution is 2.27. The van der Waals surface area contributed by atoms with Crippen LogP contribution in [-0.2, 0) is 20.7 Å². The maximum Gasteiger partial charge on any atom is 0.328 e. The van der Waals surface area contributed by atoms with Crippen molar-refractivity contribution >= 4 is 29.0 Å².